The van der Waals surface area contributed by atoms with Gasteiger partial charge in [0, 0.05) is 0 Å². The molecular weight excluding hydrogens is 248 g/mol. The summed E-state index contributed by atoms with van der Waals surface area (Å²) in [5, 5.41) is 0. The molecule has 0 spiro atoms. The Labute approximate surface area is 107 Å². The predicted molar refractivity (Wildman–Crippen MR) is 71.2 cm³/mol. The van der Waals surface area contributed by atoms with E-state index in [1.807, 2.05) is 32.0 Å². The van der Waals surface area contributed by atoms with Gasteiger partial charge in [0.25, 0.3) is 10.1 Å². The molecule has 18 heavy (non-hydrogen) atoms. The monoisotopic (exact) mass is 262 g/mol. The molecule has 0 unspecified atom stereocenters. The lowest BCUT2D eigenvalue weighted by atomic mass is 9.97. The van der Waals surface area contributed by atoms with Crippen LogP contribution in [0, 0.1) is 13.8 Å². The molecule has 0 heterocycles. The van der Waals surface area contributed by atoms with Crippen LogP contribution in [-0.2, 0) is 10.1 Å². The summed E-state index contributed by atoms with van der Waals surface area (Å²) in [6.45, 7) is 4.06. The highest BCUT2D eigenvalue weighted by atomic mass is 32.2. The Morgan fingerprint density at radius 1 is 0.944 bits per heavy atom. The highest BCUT2D eigenvalue weighted by Crippen LogP contribution is 2.26. The first-order valence-corrected chi connectivity index (χ1v) is 6.98. The molecule has 0 aliphatic carbocycles. The fourth-order valence-corrected chi connectivity index (χ4v) is 2.35. The van der Waals surface area contributed by atoms with Gasteiger partial charge >= 0.3 is 0 Å². The van der Waals surface area contributed by atoms with E-state index in [9.17, 15) is 8.42 Å². The minimum atomic E-state index is -4.12. The van der Waals surface area contributed by atoms with Crippen LogP contribution in [0.25, 0.3) is 11.1 Å². The Morgan fingerprint density at radius 2 is 1.56 bits per heavy atom. The van der Waals surface area contributed by atoms with E-state index in [4.69, 9.17) is 4.55 Å². The average Bonchev–Trinajstić information content (AvgIpc) is 2.32. The lowest BCUT2D eigenvalue weighted by Gasteiger charge is -2.09. The van der Waals surface area contributed by atoms with Crippen molar-refractivity contribution in [3.05, 3.63) is 53.6 Å². The van der Waals surface area contributed by atoms with Crippen molar-refractivity contribution in [2.24, 2.45) is 0 Å². The van der Waals surface area contributed by atoms with E-state index in [1.54, 1.807) is 12.1 Å². The van der Waals surface area contributed by atoms with Crippen LogP contribution in [0.2, 0.25) is 0 Å². The van der Waals surface area contributed by atoms with Crippen molar-refractivity contribution in [2.45, 2.75) is 18.7 Å². The molecule has 0 aromatic heterocycles. The molecule has 0 saturated carbocycles. The Hall–Kier alpha value is -1.65. The second-order valence-electron chi connectivity index (χ2n) is 4.25. The standard InChI is InChI=1S/C14H14O3S/c1-10-4-3-5-14(11(10)2)12-6-8-13(9-7-12)18(15,16)17/h3-9H,1-2H3,(H,15,16,17). The Bertz CT molecular complexity index is 671. The molecule has 0 fully saturated rings. The van der Waals surface area contributed by atoms with Gasteiger partial charge in [-0.3, -0.25) is 4.55 Å². The molecule has 3 nitrogen and oxygen atoms in total. The van der Waals surface area contributed by atoms with Gasteiger partial charge in [-0.2, -0.15) is 8.42 Å². The number of rotatable bonds is 2. The third-order valence-electron chi connectivity index (χ3n) is 3.07. The zero-order valence-corrected chi connectivity index (χ0v) is 11.0. The van der Waals surface area contributed by atoms with Gasteiger partial charge < -0.3 is 0 Å². The molecule has 94 valence electrons. The summed E-state index contributed by atoms with van der Waals surface area (Å²) in [5.41, 5.74) is 4.35. The van der Waals surface area contributed by atoms with Gasteiger partial charge in [0.2, 0.25) is 0 Å². The number of hydrogen-bond donors (Lipinski definition) is 1. The van der Waals surface area contributed by atoms with E-state index in [1.165, 1.54) is 17.7 Å². The van der Waals surface area contributed by atoms with Crippen molar-refractivity contribution in [3.8, 4) is 11.1 Å². The maximum Gasteiger partial charge on any atom is 0.294 e. The number of hydrogen-bond acceptors (Lipinski definition) is 2. The van der Waals surface area contributed by atoms with Crippen molar-refractivity contribution in [2.75, 3.05) is 0 Å². The molecule has 0 saturated heterocycles. The SMILES string of the molecule is Cc1cccc(-c2ccc(S(=O)(=O)O)cc2)c1C. The Morgan fingerprint density at radius 3 is 2.11 bits per heavy atom. The van der Waals surface area contributed by atoms with Crippen molar-refractivity contribution >= 4 is 10.1 Å². The Kier molecular flexibility index (Phi) is 3.24. The highest BCUT2D eigenvalue weighted by Gasteiger charge is 2.10. The molecule has 2 rings (SSSR count). The van der Waals surface area contributed by atoms with E-state index >= 15 is 0 Å². The summed E-state index contributed by atoms with van der Waals surface area (Å²) >= 11 is 0. The smallest absolute Gasteiger partial charge is 0.282 e. The third-order valence-corrected chi connectivity index (χ3v) is 3.94. The molecule has 0 aliphatic rings. The topological polar surface area (TPSA) is 54.4 Å². The summed E-state index contributed by atoms with van der Waals surface area (Å²) in [7, 11) is -4.12. The van der Waals surface area contributed by atoms with E-state index in [0.717, 1.165) is 16.7 Å². The van der Waals surface area contributed by atoms with Crippen molar-refractivity contribution in [1.29, 1.82) is 0 Å². The van der Waals surface area contributed by atoms with Gasteiger partial charge in [0.05, 0.1) is 4.90 Å². The van der Waals surface area contributed by atoms with Crippen molar-refractivity contribution < 1.29 is 13.0 Å². The van der Waals surface area contributed by atoms with Crippen LogP contribution < -0.4 is 0 Å². The minimum absolute atomic E-state index is 0.0865. The molecule has 0 atom stereocenters. The summed E-state index contributed by atoms with van der Waals surface area (Å²) in [6.07, 6.45) is 0. The number of aryl methyl sites for hydroxylation is 1. The third kappa shape index (κ3) is 2.44. The molecule has 0 aliphatic heterocycles. The molecule has 1 N–H and O–H groups in total. The van der Waals surface area contributed by atoms with Gasteiger partial charge in [-0.25, -0.2) is 0 Å². The highest BCUT2D eigenvalue weighted by molar-refractivity contribution is 7.85. The van der Waals surface area contributed by atoms with Gasteiger partial charge in [0.15, 0.2) is 0 Å². The molecule has 4 heteroatoms. The normalized spacial score (nSPS) is 11.5. The zero-order valence-electron chi connectivity index (χ0n) is 10.2. The molecule has 0 radical (unpaired) electrons. The number of benzene rings is 2. The van der Waals surface area contributed by atoms with Gasteiger partial charge in [-0.05, 0) is 48.2 Å². The van der Waals surface area contributed by atoms with Crippen LogP contribution in [0.15, 0.2) is 47.4 Å². The van der Waals surface area contributed by atoms with Crippen LogP contribution in [-0.4, -0.2) is 13.0 Å². The van der Waals surface area contributed by atoms with E-state index < -0.39 is 10.1 Å². The van der Waals surface area contributed by atoms with Crippen LogP contribution in [0.4, 0.5) is 0 Å². The van der Waals surface area contributed by atoms with Crippen molar-refractivity contribution in [1.82, 2.24) is 0 Å². The molecular formula is C14H14O3S. The average molecular weight is 262 g/mol. The lowest BCUT2D eigenvalue weighted by Crippen LogP contribution is -1.97. The maximum atomic E-state index is 11.0. The summed E-state index contributed by atoms with van der Waals surface area (Å²) in [5.74, 6) is 0. The largest absolute Gasteiger partial charge is 0.294 e. The quantitative estimate of drug-likeness (QED) is 0.845. The van der Waals surface area contributed by atoms with E-state index in [0.29, 0.717) is 0 Å². The molecule has 2 aromatic rings. The summed E-state index contributed by atoms with van der Waals surface area (Å²) < 4.78 is 30.8. The van der Waals surface area contributed by atoms with Gasteiger partial charge in [-0.15, -0.1) is 0 Å². The first-order chi connectivity index (χ1) is 8.39. The fraction of sp³-hybridized carbons (Fsp3) is 0.143. The molecule has 2 aromatic carbocycles. The van der Waals surface area contributed by atoms with Crippen LogP contribution >= 0.6 is 0 Å². The van der Waals surface area contributed by atoms with Crippen molar-refractivity contribution in [3.63, 3.8) is 0 Å². The van der Waals surface area contributed by atoms with Crippen LogP contribution in [0.5, 0.6) is 0 Å². The first-order valence-electron chi connectivity index (χ1n) is 5.54. The Balaban J connectivity index is 2.50. The molecule has 0 bridgehead atoms. The zero-order chi connectivity index (χ0) is 13.3. The maximum absolute atomic E-state index is 11.0. The first kappa shape index (κ1) is 12.8. The second kappa shape index (κ2) is 4.55. The van der Waals surface area contributed by atoms with Gasteiger partial charge in [0.1, 0.15) is 0 Å². The second-order valence-corrected chi connectivity index (χ2v) is 5.67. The minimum Gasteiger partial charge on any atom is -0.282 e. The van der Waals surface area contributed by atoms with Gasteiger partial charge in [-0.1, -0.05) is 30.3 Å². The molecule has 0 amide bonds. The van der Waals surface area contributed by atoms with E-state index in [-0.39, 0.29) is 4.90 Å². The van der Waals surface area contributed by atoms with E-state index in [2.05, 4.69) is 0 Å². The summed E-state index contributed by atoms with van der Waals surface area (Å²) in [6, 6.07) is 12.2. The summed E-state index contributed by atoms with van der Waals surface area (Å²) in [4.78, 5) is -0.0865. The predicted octanol–water partition coefficient (Wildman–Crippen LogP) is 3.22. The fourth-order valence-electron chi connectivity index (χ4n) is 1.87. The lowest BCUT2D eigenvalue weighted by molar-refractivity contribution is 0.483. The van der Waals surface area contributed by atoms with Crippen LogP contribution in [0.1, 0.15) is 11.1 Å². The van der Waals surface area contributed by atoms with Crippen LogP contribution in [0.3, 0.4) is 0 Å².